The number of nitrogens with zero attached hydrogens (tertiary/aromatic N) is 1. The van der Waals surface area contributed by atoms with Crippen molar-refractivity contribution in [1.82, 2.24) is 15.5 Å². The fourth-order valence-corrected chi connectivity index (χ4v) is 3.55. The van der Waals surface area contributed by atoms with Crippen LogP contribution in [0.15, 0.2) is 0 Å². The Morgan fingerprint density at radius 3 is 2.95 bits per heavy atom. The van der Waals surface area contributed by atoms with Crippen LogP contribution in [0.3, 0.4) is 0 Å². The molecule has 4 nitrogen and oxygen atoms in total. The Kier molecular flexibility index (Phi) is 5.64. The highest BCUT2D eigenvalue weighted by molar-refractivity contribution is 5.78. The second-order valence-corrected chi connectivity index (χ2v) is 6.14. The van der Waals surface area contributed by atoms with Gasteiger partial charge in [0, 0.05) is 18.1 Å². The van der Waals surface area contributed by atoms with Crippen molar-refractivity contribution >= 4 is 5.91 Å². The number of carbonyl (C=O) groups excluding carboxylic acids is 1. The monoisotopic (exact) mass is 267 g/mol. The lowest BCUT2D eigenvalue weighted by Crippen LogP contribution is -2.48. The van der Waals surface area contributed by atoms with E-state index in [-0.39, 0.29) is 5.91 Å². The van der Waals surface area contributed by atoms with Crippen molar-refractivity contribution < 1.29 is 4.79 Å². The molecule has 3 atom stereocenters. The topological polar surface area (TPSA) is 44.4 Å². The van der Waals surface area contributed by atoms with Crippen LogP contribution in [0.25, 0.3) is 0 Å². The third-order valence-electron chi connectivity index (χ3n) is 4.45. The molecule has 0 saturated carbocycles. The minimum Gasteiger partial charge on any atom is -0.353 e. The lowest BCUT2D eigenvalue weighted by atomic mass is 10.0. The van der Waals surface area contributed by atoms with Crippen LogP contribution in [0.1, 0.15) is 52.4 Å². The maximum absolute atomic E-state index is 12.1. The first kappa shape index (κ1) is 14.8. The molecule has 0 aromatic rings. The van der Waals surface area contributed by atoms with E-state index < -0.39 is 0 Å². The maximum Gasteiger partial charge on any atom is 0.234 e. The molecule has 0 spiro atoms. The average molecular weight is 267 g/mol. The van der Waals surface area contributed by atoms with E-state index in [0.29, 0.717) is 24.7 Å². The van der Waals surface area contributed by atoms with E-state index >= 15 is 0 Å². The SMILES string of the molecule is CCCC(C)NC(=O)CN1CCCC1C1CCCN1. The second kappa shape index (κ2) is 7.25. The van der Waals surface area contributed by atoms with Crippen molar-refractivity contribution in [2.24, 2.45) is 0 Å². The highest BCUT2D eigenvalue weighted by Gasteiger charge is 2.33. The number of hydrogen-bond donors (Lipinski definition) is 2. The maximum atomic E-state index is 12.1. The molecule has 2 rings (SSSR count). The second-order valence-electron chi connectivity index (χ2n) is 6.14. The molecule has 2 fully saturated rings. The molecular formula is C15H29N3O. The van der Waals surface area contributed by atoms with Crippen LogP contribution in [-0.4, -0.2) is 48.6 Å². The summed E-state index contributed by atoms with van der Waals surface area (Å²) in [4.78, 5) is 14.5. The van der Waals surface area contributed by atoms with Crippen molar-refractivity contribution in [3.8, 4) is 0 Å². The predicted octanol–water partition coefficient (Wildman–Crippen LogP) is 1.51. The van der Waals surface area contributed by atoms with Gasteiger partial charge in [0.1, 0.15) is 0 Å². The Morgan fingerprint density at radius 1 is 1.42 bits per heavy atom. The summed E-state index contributed by atoms with van der Waals surface area (Å²) in [5, 5.41) is 6.71. The Balaban J connectivity index is 1.78. The molecule has 2 N–H and O–H groups in total. The van der Waals surface area contributed by atoms with Crippen LogP contribution >= 0.6 is 0 Å². The zero-order valence-electron chi connectivity index (χ0n) is 12.5. The van der Waals surface area contributed by atoms with Crippen LogP contribution in [0.5, 0.6) is 0 Å². The minimum absolute atomic E-state index is 0.200. The van der Waals surface area contributed by atoms with Gasteiger partial charge in [0.05, 0.1) is 6.54 Å². The van der Waals surface area contributed by atoms with Crippen LogP contribution in [-0.2, 0) is 4.79 Å². The quantitative estimate of drug-likeness (QED) is 0.767. The first-order valence-electron chi connectivity index (χ1n) is 7.97. The van der Waals surface area contributed by atoms with E-state index in [9.17, 15) is 4.79 Å². The lowest BCUT2D eigenvalue weighted by Gasteiger charge is -2.29. The standard InChI is InChI=1S/C15H29N3O/c1-3-6-12(2)17-15(19)11-18-10-5-8-14(18)13-7-4-9-16-13/h12-14,16H,3-11H2,1-2H3,(H,17,19). The Labute approximate surface area is 117 Å². The molecule has 0 aliphatic carbocycles. The molecule has 110 valence electrons. The molecule has 19 heavy (non-hydrogen) atoms. The number of carbonyl (C=O) groups is 1. The summed E-state index contributed by atoms with van der Waals surface area (Å²) in [5.74, 6) is 0.200. The molecule has 0 aromatic heterocycles. The molecule has 0 bridgehead atoms. The van der Waals surface area contributed by atoms with Gasteiger partial charge in [-0.15, -0.1) is 0 Å². The van der Waals surface area contributed by atoms with Gasteiger partial charge in [-0.3, -0.25) is 9.69 Å². The van der Waals surface area contributed by atoms with E-state index in [1.807, 2.05) is 0 Å². The highest BCUT2D eigenvalue weighted by Crippen LogP contribution is 2.24. The third kappa shape index (κ3) is 4.18. The van der Waals surface area contributed by atoms with Crippen LogP contribution in [0, 0.1) is 0 Å². The molecule has 2 saturated heterocycles. The van der Waals surface area contributed by atoms with Crippen molar-refractivity contribution in [3.63, 3.8) is 0 Å². The molecular weight excluding hydrogens is 238 g/mol. The fourth-order valence-electron chi connectivity index (χ4n) is 3.55. The van der Waals surface area contributed by atoms with Crippen molar-refractivity contribution in [1.29, 1.82) is 0 Å². The van der Waals surface area contributed by atoms with Gasteiger partial charge in [0.2, 0.25) is 5.91 Å². The predicted molar refractivity (Wildman–Crippen MR) is 78.1 cm³/mol. The molecule has 4 heteroatoms. The zero-order chi connectivity index (χ0) is 13.7. The van der Waals surface area contributed by atoms with Gasteiger partial charge in [-0.1, -0.05) is 13.3 Å². The van der Waals surface area contributed by atoms with Crippen molar-refractivity contribution in [3.05, 3.63) is 0 Å². The van der Waals surface area contributed by atoms with Gasteiger partial charge >= 0.3 is 0 Å². The normalized spacial score (nSPS) is 29.6. The Morgan fingerprint density at radius 2 is 2.26 bits per heavy atom. The summed E-state index contributed by atoms with van der Waals surface area (Å²) >= 11 is 0. The van der Waals surface area contributed by atoms with Gasteiger partial charge in [-0.05, 0) is 52.1 Å². The van der Waals surface area contributed by atoms with Gasteiger partial charge < -0.3 is 10.6 Å². The smallest absolute Gasteiger partial charge is 0.234 e. The van der Waals surface area contributed by atoms with Crippen LogP contribution in [0.2, 0.25) is 0 Å². The van der Waals surface area contributed by atoms with Gasteiger partial charge in [0.25, 0.3) is 0 Å². The first-order chi connectivity index (χ1) is 9.20. The zero-order valence-corrected chi connectivity index (χ0v) is 12.5. The highest BCUT2D eigenvalue weighted by atomic mass is 16.2. The summed E-state index contributed by atoms with van der Waals surface area (Å²) in [6.45, 7) is 7.07. The van der Waals surface area contributed by atoms with Crippen LogP contribution in [0.4, 0.5) is 0 Å². The summed E-state index contributed by atoms with van der Waals surface area (Å²) in [6, 6.07) is 1.50. The van der Waals surface area contributed by atoms with Crippen molar-refractivity contribution in [2.75, 3.05) is 19.6 Å². The fraction of sp³-hybridized carbons (Fsp3) is 0.933. The molecule has 0 aromatic carbocycles. The van der Waals surface area contributed by atoms with E-state index in [4.69, 9.17) is 0 Å². The van der Waals surface area contributed by atoms with E-state index in [1.54, 1.807) is 0 Å². The number of nitrogens with one attached hydrogen (secondary N) is 2. The van der Waals surface area contributed by atoms with E-state index in [1.165, 1.54) is 25.7 Å². The number of likely N-dealkylation sites (tertiary alicyclic amines) is 1. The average Bonchev–Trinajstić information content (AvgIpc) is 2.98. The first-order valence-corrected chi connectivity index (χ1v) is 7.97. The van der Waals surface area contributed by atoms with E-state index in [0.717, 1.165) is 25.9 Å². The molecule has 2 heterocycles. The summed E-state index contributed by atoms with van der Waals surface area (Å²) in [5.41, 5.74) is 0. The molecule has 1 amide bonds. The summed E-state index contributed by atoms with van der Waals surface area (Å²) < 4.78 is 0. The Hall–Kier alpha value is -0.610. The lowest BCUT2D eigenvalue weighted by molar-refractivity contribution is -0.123. The number of hydrogen-bond acceptors (Lipinski definition) is 3. The largest absolute Gasteiger partial charge is 0.353 e. The number of amides is 1. The minimum atomic E-state index is 0.200. The molecule has 2 aliphatic heterocycles. The summed E-state index contributed by atoms with van der Waals surface area (Å²) in [6.07, 6.45) is 7.24. The molecule has 3 unspecified atom stereocenters. The van der Waals surface area contributed by atoms with Crippen LogP contribution < -0.4 is 10.6 Å². The van der Waals surface area contributed by atoms with Gasteiger partial charge in [0.15, 0.2) is 0 Å². The molecule has 0 radical (unpaired) electrons. The van der Waals surface area contributed by atoms with Gasteiger partial charge in [-0.25, -0.2) is 0 Å². The molecule has 2 aliphatic rings. The van der Waals surface area contributed by atoms with Gasteiger partial charge in [-0.2, -0.15) is 0 Å². The van der Waals surface area contributed by atoms with Crippen molar-refractivity contribution in [2.45, 2.75) is 70.5 Å². The number of rotatable bonds is 6. The summed E-state index contributed by atoms with van der Waals surface area (Å²) in [7, 11) is 0. The van der Waals surface area contributed by atoms with E-state index in [2.05, 4.69) is 29.4 Å². The third-order valence-corrected chi connectivity index (χ3v) is 4.45. The Bertz CT molecular complexity index is 289.